The number of benzene rings is 1. The number of allylic oxidation sites excluding steroid dienone is 1. The molecule has 5 rings (SSSR count). The van der Waals surface area contributed by atoms with E-state index < -0.39 is 0 Å². The van der Waals surface area contributed by atoms with Gasteiger partial charge in [0.1, 0.15) is 6.10 Å². The normalized spacial score (nSPS) is 37.8. The smallest absolute Gasteiger partial charge is 0.310 e. The summed E-state index contributed by atoms with van der Waals surface area (Å²) in [5.41, 5.74) is 3.51. The van der Waals surface area contributed by atoms with Gasteiger partial charge in [-0.15, -0.1) is 0 Å². The van der Waals surface area contributed by atoms with Crippen molar-refractivity contribution in [3.8, 4) is 0 Å². The van der Waals surface area contributed by atoms with Crippen LogP contribution in [-0.2, 0) is 16.0 Å². The van der Waals surface area contributed by atoms with E-state index in [9.17, 15) is 4.79 Å². The van der Waals surface area contributed by atoms with Gasteiger partial charge in [0.2, 0.25) is 0 Å². The second-order valence-electron chi connectivity index (χ2n) is 14.3. The van der Waals surface area contributed by atoms with E-state index in [4.69, 9.17) is 4.74 Å². The van der Waals surface area contributed by atoms with Crippen molar-refractivity contribution in [2.45, 2.75) is 118 Å². The fraction of sp³-hybridized carbons (Fsp3) is 0.743. The van der Waals surface area contributed by atoms with Crippen LogP contribution in [0.5, 0.6) is 0 Å². The molecule has 4 aliphatic rings. The Hall–Kier alpha value is -1.57. The lowest BCUT2D eigenvalue weighted by molar-refractivity contribution is -0.150. The van der Waals surface area contributed by atoms with Crippen molar-refractivity contribution in [3.05, 3.63) is 47.5 Å². The molecule has 0 heterocycles. The zero-order valence-electron chi connectivity index (χ0n) is 24.3. The quantitative estimate of drug-likeness (QED) is 0.260. The lowest BCUT2D eigenvalue weighted by Gasteiger charge is -2.58. The Morgan fingerprint density at radius 2 is 1.76 bits per heavy atom. The Bertz CT molecular complexity index is 963. The van der Waals surface area contributed by atoms with Crippen molar-refractivity contribution in [2.24, 2.45) is 46.3 Å². The third-order valence-electron chi connectivity index (χ3n) is 11.7. The van der Waals surface area contributed by atoms with Crippen molar-refractivity contribution in [3.63, 3.8) is 0 Å². The molecule has 37 heavy (non-hydrogen) atoms. The number of carbonyl (C=O) groups is 1. The van der Waals surface area contributed by atoms with Gasteiger partial charge in [-0.05, 0) is 96.8 Å². The molecule has 204 valence electrons. The molecule has 4 aliphatic carbocycles. The first kappa shape index (κ1) is 27.0. The predicted octanol–water partition coefficient (Wildman–Crippen LogP) is 9.18. The summed E-state index contributed by atoms with van der Waals surface area (Å²) in [6.45, 7) is 12.6. The number of hydrogen-bond donors (Lipinski definition) is 0. The summed E-state index contributed by atoms with van der Waals surface area (Å²) in [6.07, 6.45) is 17.4. The van der Waals surface area contributed by atoms with E-state index in [0.29, 0.717) is 17.3 Å². The van der Waals surface area contributed by atoms with Gasteiger partial charge in [0.15, 0.2) is 0 Å². The van der Waals surface area contributed by atoms with E-state index in [-0.39, 0.29) is 12.1 Å². The van der Waals surface area contributed by atoms with Crippen LogP contribution in [0.15, 0.2) is 42.0 Å². The van der Waals surface area contributed by atoms with Gasteiger partial charge in [0.05, 0.1) is 6.42 Å². The number of ether oxygens (including phenoxy) is 1. The molecule has 0 amide bonds. The molecule has 2 heteroatoms. The largest absolute Gasteiger partial charge is 0.462 e. The average Bonchev–Trinajstić information content (AvgIpc) is 3.22. The first-order chi connectivity index (χ1) is 17.7. The van der Waals surface area contributed by atoms with Crippen molar-refractivity contribution >= 4 is 5.97 Å². The molecule has 0 bridgehead atoms. The fourth-order valence-corrected chi connectivity index (χ4v) is 9.74. The lowest BCUT2D eigenvalue weighted by Crippen LogP contribution is -2.51. The monoisotopic (exact) mass is 504 g/mol. The maximum Gasteiger partial charge on any atom is 0.310 e. The highest BCUT2D eigenvalue weighted by molar-refractivity contribution is 5.72. The molecule has 2 nitrogen and oxygen atoms in total. The summed E-state index contributed by atoms with van der Waals surface area (Å²) in [5, 5.41) is 0. The molecular weight excluding hydrogens is 452 g/mol. The van der Waals surface area contributed by atoms with Crippen LogP contribution in [0, 0.1) is 46.3 Å². The number of esters is 1. The third kappa shape index (κ3) is 5.33. The van der Waals surface area contributed by atoms with Crippen LogP contribution in [0.25, 0.3) is 0 Å². The predicted molar refractivity (Wildman–Crippen MR) is 153 cm³/mol. The summed E-state index contributed by atoms with van der Waals surface area (Å²) >= 11 is 0. The highest BCUT2D eigenvalue weighted by Gasteiger charge is 2.59. The Balaban J connectivity index is 1.22. The highest BCUT2D eigenvalue weighted by Crippen LogP contribution is 2.67. The molecule has 0 saturated heterocycles. The summed E-state index contributed by atoms with van der Waals surface area (Å²) in [4.78, 5) is 12.7. The Morgan fingerprint density at radius 3 is 2.51 bits per heavy atom. The van der Waals surface area contributed by atoms with Gasteiger partial charge in [0, 0.05) is 6.42 Å². The summed E-state index contributed by atoms with van der Waals surface area (Å²) in [6, 6.07) is 10.0. The molecule has 1 aromatic carbocycles. The van der Waals surface area contributed by atoms with E-state index in [1.54, 1.807) is 5.57 Å². The summed E-state index contributed by atoms with van der Waals surface area (Å²) in [7, 11) is 0. The zero-order chi connectivity index (χ0) is 26.2. The van der Waals surface area contributed by atoms with Gasteiger partial charge in [-0.2, -0.15) is 0 Å². The molecule has 0 spiro atoms. The van der Waals surface area contributed by atoms with Gasteiger partial charge in [-0.3, -0.25) is 4.79 Å². The molecule has 0 radical (unpaired) electrons. The molecule has 0 aromatic heterocycles. The minimum atomic E-state index is -0.0676. The standard InChI is InChI=1S/C35H52O2/c1-24(2)10-9-11-25(3)30-16-17-31-29-15-14-27-23-28(37-33(36)22-26-12-7-6-8-13-26)18-20-34(27,4)32(29)19-21-35(30,31)5/h6-8,12-14,24-25,28-32H,9-11,15-23H2,1-5H3/t25-,28+,29-,30+,31-,32-,34+,35-/m1/s1. The van der Waals surface area contributed by atoms with Crippen molar-refractivity contribution < 1.29 is 9.53 Å². The van der Waals surface area contributed by atoms with Gasteiger partial charge < -0.3 is 4.74 Å². The second-order valence-corrected chi connectivity index (χ2v) is 14.3. The molecule has 0 N–H and O–H groups in total. The zero-order valence-corrected chi connectivity index (χ0v) is 24.3. The second kappa shape index (κ2) is 10.9. The highest BCUT2D eigenvalue weighted by atomic mass is 16.5. The first-order valence-electron chi connectivity index (χ1n) is 15.6. The van der Waals surface area contributed by atoms with Crippen LogP contribution in [0.1, 0.15) is 111 Å². The van der Waals surface area contributed by atoms with E-state index in [0.717, 1.165) is 53.9 Å². The number of rotatable bonds is 8. The molecular formula is C35H52O2. The number of fused-ring (bicyclic) bond motifs is 5. The Kier molecular flexibility index (Phi) is 7.95. The van der Waals surface area contributed by atoms with Gasteiger partial charge in [-0.1, -0.05) is 95.9 Å². The van der Waals surface area contributed by atoms with Crippen LogP contribution in [0.2, 0.25) is 0 Å². The van der Waals surface area contributed by atoms with Crippen molar-refractivity contribution in [1.29, 1.82) is 0 Å². The molecule has 0 unspecified atom stereocenters. The van der Waals surface area contributed by atoms with Crippen molar-refractivity contribution in [2.75, 3.05) is 0 Å². The number of hydrogen-bond acceptors (Lipinski definition) is 2. The van der Waals surface area contributed by atoms with E-state index >= 15 is 0 Å². The molecule has 3 saturated carbocycles. The topological polar surface area (TPSA) is 26.3 Å². The van der Waals surface area contributed by atoms with Gasteiger partial charge in [0.25, 0.3) is 0 Å². The fourth-order valence-electron chi connectivity index (χ4n) is 9.74. The Labute approximate surface area is 227 Å². The summed E-state index contributed by atoms with van der Waals surface area (Å²) < 4.78 is 6.02. The minimum Gasteiger partial charge on any atom is -0.462 e. The first-order valence-corrected chi connectivity index (χ1v) is 15.6. The summed E-state index contributed by atoms with van der Waals surface area (Å²) in [5.74, 6) is 5.14. The maximum atomic E-state index is 12.7. The Morgan fingerprint density at radius 1 is 0.973 bits per heavy atom. The SMILES string of the molecule is CC(C)CCC[C@@H](C)[C@@H]1CC[C@@H]2[C@H]3CC=C4C[C@@H](OC(=O)Cc5ccccc5)CC[C@]4(C)[C@@H]3CC[C@@]21C. The lowest BCUT2D eigenvalue weighted by atomic mass is 9.47. The minimum absolute atomic E-state index is 0.0588. The molecule has 3 fully saturated rings. The van der Waals surface area contributed by atoms with Crippen LogP contribution in [0.3, 0.4) is 0 Å². The van der Waals surface area contributed by atoms with Crippen LogP contribution in [-0.4, -0.2) is 12.1 Å². The maximum absolute atomic E-state index is 12.7. The van der Waals surface area contributed by atoms with Gasteiger partial charge >= 0.3 is 5.97 Å². The van der Waals surface area contributed by atoms with Gasteiger partial charge in [-0.25, -0.2) is 0 Å². The van der Waals surface area contributed by atoms with Crippen LogP contribution >= 0.6 is 0 Å². The average molecular weight is 505 g/mol. The molecule has 8 atom stereocenters. The van der Waals surface area contributed by atoms with Crippen LogP contribution in [0.4, 0.5) is 0 Å². The third-order valence-corrected chi connectivity index (χ3v) is 11.7. The van der Waals surface area contributed by atoms with E-state index in [1.807, 2.05) is 30.3 Å². The molecule has 1 aromatic rings. The van der Waals surface area contributed by atoms with E-state index in [1.165, 1.54) is 57.8 Å². The van der Waals surface area contributed by atoms with Crippen molar-refractivity contribution in [1.82, 2.24) is 0 Å². The van der Waals surface area contributed by atoms with Crippen LogP contribution < -0.4 is 0 Å². The molecule has 0 aliphatic heterocycles. The number of carbonyl (C=O) groups excluding carboxylic acids is 1. The van der Waals surface area contributed by atoms with E-state index in [2.05, 4.69) is 40.7 Å².